The van der Waals surface area contributed by atoms with Gasteiger partial charge in [-0.05, 0) is 38.2 Å². The first kappa shape index (κ1) is 13.4. The van der Waals surface area contributed by atoms with Crippen LogP contribution in [0.2, 0.25) is 10.0 Å². The zero-order valence-electron chi connectivity index (χ0n) is 10.1. The molecule has 1 heterocycles. The fourth-order valence-corrected chi connectivity index (χ4v) is 2.15. The number of aromatic nitrogens is 2. The highest BCUT2D eigenvalue weighted by atomic mass is 35.5. The summed E-state index contributed by atoms with van der Waals surface area (Å²) in [5.41, 5.74) is 1.79. The van der Waals surface area contributed by atoms with Gasteiger partial charge in [0.1, 0.15) is 5.82 Å². The minimum atomic E-state index is 0.667. The molecule has 0 amide bonds. The smallest absolute Gasteiger partial charge is 0.106 e. The van der Waals surface area contributed by atoms with Crippen molar-refractivity contribution in [3.63, 3.8) is 0 Å². The molecule has 2 aromatic rings. The monoisotopic (exact) mass is 283 g/mol. The fraction of sp³-hybridized carbons (Fsp3) is 0.308. The van der Waals surface area contributed by atoms with Crippen LogP contribution < -0.4 is 5.32 Å². The van der Waals surface area contributed by atoms with Gasteiger partial charge in [0.25, 0.3) is 0 Å². The first-order valence-corrected chi connectivity index (χ1v) is 6.60. The predicted octanol–water partition coefficient (Wildman–Crippen LogP) is 3.54. The molecule has 3 nitrogen and oxygen atoms in total. The van der Waals surface area contributed by atoms with Gasteiger partial charge < -0.3 is 10.3 Å². The number of benzene rings is 1. The van der Waals surface area contributed by atoms with E-state index in [1.165, 1.54) is 0 Å². The Balaban J connectivity index is 2.16. The van der Waals surface area contributed by atoms with E-state index in [1.807, 2.05) is 13.1 Å². The number of imidazole rings is 1. The third-order valence-corrected chi connectivity index (χ3v) is 3.25. The summed E-state index contributed by atoms with van der Waals surface area (Å²) in [5.74, 6) is 0.969. The summed E-state index contributed by atoms with van der Waals surface area (Å²) in [4.78, 5) is 7.62. The summed E-state index contributed by atoms with van der Waals surface area (Å²) in [7, 11) is 1.94. The number of H-pyrrole nitrogens is 1. The van der Waals surface area contributed by atoms with Gasteiger partial charge in [0.15, 0.2) is 0 Å². The summed E-state index contributed by atoms with van der Waals surface area (Å²) in [6.07, 6.45) is 3.76. The van der Waals surface area contributed by atoms with Crippen LogP contribution in [0.25, 0.3) is 11.3 Å². The molecule has 18 heavy (non-hydrogen) atoms. The summed E-state index contributed by atoms with van der Waals surface area (Å²) in [6, 6.07) is 5.41. The summed E-state index contributed by atoms with van der Waals surface area (Å²) in [6.45, 7) is 0.980. The van der Waals surface area contributed by atoms with Gasteiger partial charge in [0.2, 0.25) is 0 Å². The average molecular weight is 284 g/mol. The lowest BCUT2D eigenvalue weighted by Gasteiger charge is -2.02. The molecule has 2 N–H and O–H groups in total. The highest BCUT2D eigenvalue weighted by Gasteiger charge is 2.07. The molecule has 1 aromatic heterocycles. The lowest BCUT2D eigenvalue weighted by molar-refractivity contribution is 0.707. The Morgan fingerprint density at radius 1 is 1.33 bits per heavy atom. The molecule has 0 saturated carbocycles. The Labute approximate surface area is 117 Å². The molecule has 0 aliphatic carbocycles. The largest absolute Gasteiger partial charge is 0.342 e. The molecule has 5 heteroatoms. The van der Waals surface area contributed by atoms with Crippen molar-refractivity contribution >= 4 is 23.2 Å². The molecule has 0 fully saturated rings. The van der Waals surface area contributed by atoms with E-state index < -0.39 is 0 Å². The molecule has 0 aliphatic heterocycles. The highest BCUT2D eigenvalue weighted by molar-refractivity contribution is 6.35. The number of nitrogens with one attached hydrogen (secondary N) is 2. The molecule has 0 unspecified atom stereocenters. The third kappa shape index (κ3) is 3.25. The molecule has 0 atom stereocenters. The molecule has 0 saturated heterocycles. The van der Waals surface area contributed by atoms with Gasteiger partial charge >= 0.3 is 0 Å². The lowest BCUT2D eigenvalue weighted by atomic mass is 10.2. The topological polar surface area (TPSA) is 40.7 Å². The van der Waals surface area contributed by atoms with E-state index in [9.17, 15) is 0 Å². The van der Waals surface area contributed by atoms with Crippen LogP contribution in [0, 0.1) is 0 Å². The van der Waals surface area contributed by atoms with Gasteiger partial charge in [0, 0.05) is 17.0 Å². The number of aromatic amines is 1. The van der Waals surface area contributed by atoms with Crippen molar-refractivity contribution in [3.8, 4) is 11.3 Å². The van der Waals surface area contributed by atoms with Crippen LogP contribution in [0.4, 0.5) is 0 Å². The van der Waals surface area contributed by atoms with Crippen LogP contribution in [0.5, 0.6) is 0 Å². The third-order valence-electron chi connectivity index (χ3n) is 2.69. The van der Waals surface area contributed by atoms with Crippen molar-refractivity contribution in [2.75, 3.05) is 13.6 Å². The Morgan fingerprint density at radius 3 is 2.94 bits per heavy atom. The van der Waals surface area contributed by atoms with E-state index in [1.54, 1.807) is 18.3 Å². The van der Waals surface area contributed by atoms with Crippen LogP contribution in [0.1, 0.15) is 12.2 Å². The number of hydrogen-bond donors (Lipinski definition) is 2. The van der Waals surface area contributed by atoms with Gasteiger partial charge in [-0.2, -0.15) is 0 Å². The summed E-state index contributed by atoms with van der Waals surface area (Å²) >= 11 is 12.1. The van der Waals surface area contributed by atoms with Gasteiger partial charge in [-0.25, -0.2) is 4.98 Å². The number of rotatable bonds is 5. The second kappa shape index (κ2) is 6.23. The lowest BCUT2D eigenvalue weighted by Crippen LogP contribution is -2.08. The highest BCUT2D eigenvalue weighted by Crippen LogP contribution is 2.29. The van der Waals surface area contributed by atoms with Crippen molar-refractivity contribution in [3.05, 3.63) is 40.3 Å². The Hall–Kier alpha value is -1.03. The Bertz CT molecular complexity index is 523. The van der Waals surface area contributed by atoms with Crippen LogP contribution in [0.3, 0.4) is 0 Å². The Morgan fingerprint density at radius 2 is 2.17 bits per heavy atom. The maximum absolute atomic E-state index is 6.15. The number of aryl methyl sites for hydroxylation is 1. The molecule has 0 radical (unpaired) electrons. The molecule has 0 bridgehead atoms. The van der Waals surface area contributed by atoms with Crippen molar-refractivity contribution in [1.82, 2.24) is 15.3 Å². The second-order valence-electron chi connectivity index (χ2n) is 4.07. The van der Waals surface area contributed by atoms with Gasteiger partial charge in [-0.15, -0.1) is 0 Å². The minimum absolute atomic E-state index is 0.667. The van der Waals surface area contributed by atoms with Crippen LogP contribution in [-0.4, -0.2) is 23.6 Å². The molecule has 96 valence electrons. The normalized spacial score (nSPS) is 10.8. The number of halogens is 2. The molecule has 1 aromatic carbocycles. The van der Waals surface area contributed by atoms with E-state index in [2.05, 4.69) is 15.3 Å². The standard InChI is InChI=1S/C13H15Cl2N3/c1-16-6-2-3-13-17-8-12(18-13)10-7-9(14)4-5-11(10)15/h4-5,7-8,16H,2-3,6H2,1H3,(H,17,18). The molecule has 0 spiro atoms. The summed E-state index contributed by atoms with van der Waals surface area (Å²) < 4.78 is 0. The number of nitrogens with zero attached hydrogens (tertiary/aromatic N) is 1. The van der Waals surface area contributed by atoms with E-state index >= 15 is 0 Å². The van der Waals surface area contributed by atoms with Crippen molar-refractivity contribution in [1.29, 1.82) is 0 Å². The van der Waals surface area contributed by atoms with Gasteiger partial charge in [0.05, 0.1) is 16.9 Å². The first-order chi connectivity index (χ1) is 8.70. The SMILES string of the molecule is CNCCCc1ncc(-c2cc(Cl)ccc2Cl)[nH]1. The zero-order chi connectivity index (χ0) is 13.0. The van der Waals surface area contributed by atoms with E-state index in [0.717, 1.165) is 36.5 Å². The van der Waals surface area contributed by atoms with Crippen LogP contribution >= 0.6 is 23.2 Å². The van der Waals surface area contributed by atoms with Crippen LogP contribution in [0.15, 0.2) is 24.4 Å². The number of hydrogen-bond acceptors (Lipinski definition) is 2. The molecule has 0 aliphatic rings. The van der Waals surface area contributed by atoms with Crippen molar-refractivity contribution < 1.29 is 0 Å². The second-order valence-corrected chi connectivity index (χ2v) is 4.92. The minimum Gasteiger partial charge on any atom is -0.342 e. The fourth-order valence-electron chi connectivity index (χ4n) is 1.76. The predicted molar refractivity (Wildman–Crippen MR) is 76.3 cm³/mol. The summed E-state index contributed by atoms with van der Waals surface area (Å²) in [5, 5.41) is 4.45. The average Bonchev–Trinajstić information content (AvgIpc) is 2.81. The molecular weight excluding hydrogens is 269 g/mol. The van der Waals surface area contributed by atoms with Crippen LogP contribution in [-0.2, 0) is 6.42 Å². The Kier molecular flexibility index (Phi) is 4.64. The van der Waals surface area contributed by atoms with Gasteiger partial charge in [-0.1, -0.05) is 23.2 Å². The molecule has 2 rings (SSSR count). The maximum Gasteiger partial charge on any atom is 0.106 e. The maximum atomic E-state index is 6.15. The van der Waals surface area contributed by atoms with E-state index in [0.29, 0.717) is 10.0 Å². The zero-order valence-corrected chi connectivity index (χ0v) is 11.6. The van der Waals surface area contributed by atoms with E-state index in [4.69, 9.17) is 23.2 Å². The van der Waals surface area contributed by atoms with E-state index in [-0.39, 0.29) is 0 Å². The molecular formula is C13H15Cl2N3. The quantitative estimate of drug-likeness (QED) is 0.824. The van der Waals surface area contributed by atoms with Crippen molar-refractivity contribution in [2.45, 2.75) is 12.8 Å². The van der Waals surface area contributed by atoms with Gasteiger partial charge in [-0.3, -0.25) is 0 Å². The first-order valence-electron chi connectivity index (χ1n) is 5.84. The van der Waals surface area contributed by atoms with Crippen molar-refractivity contribution in [2.24, 2.45) is 0 Å².